The van der Waals surface area contributed by atoms with Crippen molar-refractivity contribution in [2.45, 2.75) is 57.5 Å². The quantitative estimate of drug-likeness (QED) is 0.799. The van der Waals surface area contributed by atoms with Crippen molar-refractivity contribution in [1.82, 2.24) is 14.4 Å². The zero-order valence-corrected chi connectivity index (χ0v) is 16.0. The molecule has 1 aromatic heterocycles. The Bertz CT molecular complexity index is 701. The van der Waals surface area contributed by atoms with Gasteiger partial charge in [-0.3, -0.25) is 14.3 Å². The van der Waals surface area contributed by atoms with Gasteiger partial charge in [0.05, 0.1) is 0 Å². The topological polar surface area (TPSA) is 28.5 Å². The molecule has 5 aliphatic rings. The van der Waals surface area contributed by atoms with Crippen LogP contribution in [0.1, 0.15) is 61.3 Å². The molecule has 0 unspecified atom stereocenters. The Morgan fingerprint density at radius 1 is 1.00 bits per heavy atom. The minimum atomic E-state index is -2.67. The molecule has 1 saturated heterocycles. The minimum Gasteiger partial charge on any atom is -0.335 e. The summed E-state index contributed by atoms with van der Waals surface area (Å²) < 4.78 is 27.5. The van der Waals surface area contributed by atoms with E-state index in [-0.39, 0.29) is 11.6 Å². The molecule has 1 amide bonds. The first-order valence-corrected chi connectivity index (χ1v) is 10.5. The lowest BCUT2D eigenvalue weighted by atomic mass is 9.52. The maximum Gasteiger partial charge on any atom is 0.319 e. The predicted octanol–water partition coefficient (Wildman–Crippen LogP) is 3.92. The van der Waals surface area contributed by atoms with Crippen LogP contribution in [0.15, 0.2) is 12.1 Å². The van der Waals surface area contributed by atoms with Gasteiger partial charge in [-0.25, -0.2) is 0 Å². The summed E-state index contributed by atoms with van der Waals surface area (Å²) in [5.74, 6) is 2.48. The highest BCUT2D eigenvalue weighted by atomic mass is 19.3. The monoisotopic (exact) mass is 377 g/mol. The number of hydrogen-bond acceptors (Lipinski definition) is 2. The molecule has 1 aliphatic heterocycles. The summed E-state index contributed by atoms with van der Waals surface area (Å²) in [6.45, 7) is 2.00. The number of aromatic nitrogens is 1. The number of amides is 1. The third-order valence-electron chi connectivity index (χ3n) is 7.78. The van der Waals surface area contributed by atoms with Crippen molar-refractivity contribution in [3.8, 4) is 0 Å². The molecule has 6 rings (SSSR count). The standard InChI is InChI=1S/C21H29F2N3O/c1-14-2-3-18(26(14)20(22)23)19(27)24-4-6-25(7-5-24)21-11-15-8-16(12-21)10-17(9-15)13-21/h2-3,15-17,20H,4-13H2,1H3. The van der Waals surface area contributed by atoms with Crippen LogP contribution in [0.5, 0.6) is 0 Å². The highest BCUT2D eigenvalue weighted by Gasteiger charge is 2.53. The normalized spacial score (nSPS) is 36.0. The second kappa shape index (κ2) is 6.29. The van der Waals surface area contributed by atoms with Gasteiger partial charge in [0.2, 0.25) is 0 Å². The molecule has 0 aromatic carbocycles. The van der Waals surface area contributed by atoms with Crippen LogP contribution in [0.3, 0.4) is 0 Å². The van der Waals surface area contributed by atoms with Gasteiger partial charge in [-0.05, 0) is 75.3 Å². The molecule has 5 fully saturated rings. The Kier molecular flexibility index (Phi) is 4.12. The van der Waals surface area contributed by atoms with E-state index in [1.807, 2.05) is 0 Å². The highest BCUT2D eigenvalue weighted by molar-refractivity contribution is 5.93. The molecule has 2 heterocycles. The zero-order chi connectivity index (χ0) is 18.8. The van der Waals surface area contributed by atoms with Crippen molar-refractivity contribution < 1.29 is 13.6 Å². The van der Waals surface area contributed by atoms with Gasteiger partial charge >= 0.3 is 6.55 Å². The number of carbonyl (C=O) groups excluding carboxylic acids is 1. The zero-order valence-electron chi connectivity index (χ0n) is 16.0. The van der Waals surface area contributed by atoms with Gasteiger partial charge < -0.3 is 4.90 Å². The Labute approximate surface area is 159 Å². The van der Waals surface area contributed by atoms with Gasteiger partial charge in [0.25, 0.3) is 5.91 Å². The van der Waals surface area contributed by atoms with E-state index in [1.165, 1.54) is 44.6 Å². The number of nitrogens with zero attached hydrogens (tertiary/aromatic N) is 3. The molecule has 148 valence electrons. The lowest BCUT2D eigenvalue weighted by Gasteiger charge is -2.61. The van der Waals surface area contributed by atoms with E-state index in [2.05, 4.69) is 4.90 Å². The van der Waals surface area contributed by atoms with Crippen LogP contribution in [-0.4, -0.2) is 52.0 Å². The van der Waals surface area contributed by atoms with Crippen LogP contribution in [0.2, 0.25) is 0 Å². The van der Waals surface area contributed by atoms with Gasteiger partial charge in [-0.1, -0.05) is 0 Å². The van der Waals surface area contributed by atoms with Gasteiger partial charge in [0, 0.05) is 37.4 Å². The summed E-state index contributed by atoms with van der Waals surface area (Å²) in [5, 5.41) is 0. The van der Waals surface area contributed by atoms with Gasteiger partial charge in [-0.2, -0.15) is 8.78 Å². The molecular formula is C21H29F2N3O. The van der Waals surface area contributed by atoms with Crippen LogP contribution < -0.4 is 0 Å². The molecule has 4 aliphatic carbocycles. The third-order valence-corrected chi connectivity index (χ3v) is 7.78. The van der Waals surface area contributed by atoms with E-state index in [4.69, 9.17) is 0 Å². The van der Waals surface area contributed by atoms with E-state index in [1.54, 1.807) is 17.9 Å². The molecule has 4 saturated carbocycles. The van der Waals surface area contributed by atoms with Crippen LogP contribution in [0, 0.1) is 24.7 Å². The molecule has 4 bridgehead atoms. The van der Waals surface area contributed by atoms with Crippen LogP contribution in [0.4, 0.5) is 8.78 Å². The van der Waals surface area contributed by atoms with Crippen molar-refractivity contribution in [2.24, 2.45) is 17.8 Å². The average Bonchev–Trinajstić information content (AvgIpc) is 3.02. The number of aryl methyl sites for hydroxylation is 1. The van der Waals surface area contributed by atoms with E-state index >= 15 is 0 Å². The van der Waals surface area contributed by atoms with Crippen molar-refractivity contribution in [3.63, 3.8) is 0 Å². The molecule has 0 radical (unpaired) electrons. The van der Waals surface area contributed by atoms with Gasteiger partial charge in [0.1, 0.15) is 5.69 Å². The molecule has 0 atom stereocenters. The maximum absolute atomic E-state index is 13.3. The minimum absolute atomic E-state index is 0.116. The molecule has 0 spiro atoms. The number of carbonyl (C=O) groups is 1. The maximum atomic E-state index is 13.3. The summed E-state index contributed by atoms with van der Waals surface area (Å²) in [4.78, 5) is 17.3. The van der Waals surface area contributed by atoms with E-state index in [0.717, 1.165) is 35.4 Å². The second-order valence-corrected chi connectivity index (χ2v) is 9.43. The first kappa shape index (κ1) is 17.7. The lowest BCUT2D eigenvalue weighted by molar-refractivity contribution is -0.0987. The molecular weight excluding hydrogens is 348 g/mol. The summed E-state index contributed by atoms with van der Waals surface area (Å²) in [6.07, 6.45) is 8.30. The predicted molar refractivity (Wildman–Crippen MR) is 98.8 cm³/mol. The third kappa shape index (κ3) is 2.82. The Hall–Kier alpha value is -1.43. The number of hydrogen-bond donors (Lipinski definition) is 0. The molecule has 27 heavy (non-hydrogen) atoms. The first-order valence-electron chi connectivity index (χ1n) is 10.5. The Morgan fingerprint density at radius 2 is 1.56 bits per heavy atom. The SMILES string of the molecule is Cc1ccc(C(=O)N2CCN(C34CC5CC(CC(C5)C3)C4)CC2)n1C(F)F. The average molecular weight is 377 g/mol. The fourth-order valence-corrected chi connectivity index (χ4v) is 6.98. The first-order chi connectivity index (χ1) is 12.9. The summed E-state index contributed by atoms with van der Waals surface area (Å²) in [5.41, 5.74) is 0.912. The highest BCUT2D eigenvalue weighted by Crippen LogP contribution is 2.57. The smallest absolute Gasteiger partial charge is 0.319 e. The van der Waals surface area contributed by atoms with Crippen molar-refractivity contribution >= 4 is 5.91 Å². The second-order valence-electron chi connectivity index (χ2n) is 9.43. The summed E-state index contributed by atoms with van der Waals surface area (Å²) in [6, 6.07) is 3.14. The number of halogens is 2. The van der Waals surface area contributed by atoms with Crippen molar-refractivity contribution in [1.29, 1.82) is 0 Å². The fraction of sp³-hybridized carbons (Fsp3) is 0.762. The van der Waals surface area contributed by atoms with E-state index in [0.29, 0.717) is 24.3 Å². The largest absolute Gasteiger partial charge is 0.335 e. The Morgan fingerprint density at radius 3 is 2.07 bits per heavy atom. The van der Waals surface area contributed by atoms with E-state index < -0.39 is 6.55 Å². The van der Waals surface area contributed by atoms with Crippen molar-refractivity contribution in [3.05, 3.63) is 23.5 Å². The molecule has 6 heteroatoms. The fourth-order valence-electron chi connectivity index (χ4n) is 6.98. The van der Waals surface area contributed by atoms with Crippen LogP contribution >= 0.6 is 0 Å². The number of alkyl halides is 2. The molecule has 1 aromatic rings. The number of piperazine rings is 1. The summed E-state index contributed by atoms with van der Waals surface area (Å²) >= 11 is 0. The lowest BCUT2D eigenvalue weighted by Crippen LogP contribution is -2.64. The Balaban J connectivity index is 1.28. The van der Waals surface area contributed by atoms with Crippen LogP contribution in [-0.2, 0) is 0 Å². The van der Waals surface area contributed by atoms with E-state index in [9.17, 15) is 13.6 Å². The summed E-state index contributed by atoms with van der Waals surface area (Å²) in [7, 11) is 0. The van der Waals surface area contributed by atoms with Crippen molar-refractivity contribution in [2.75, 3.05) is 26.2 Å². The number of rotatable bonds is 3. The van der Waals surface area contributed by atoms with Crippen LogP contribution in [0.25, 0.3) is 0 Å². The van der Waals surface area contributed by atoms with Gasteiger partial charge in [-0.15, -0.1) is 0 Å². The molecule has 4 nitrogen and oxygen atoms in total. The van der Waals surface area contributed by atoms with Gasteiger partial charge in [0.15, 0.2) is 0 Å². The molecule has 0 N–H and O–H groups in total.